The first-order valence-corrected chi connectivity index (χ1v) is 6.14. The zero-order valence-electron chi connectivity index (χ0n) is 10.5. The highest BCUT2D eigenvalue weighted by Crippen LogP contribution is 2.24. The van der Waals surface area contributed by atoms with Gasteiger partial charge in [0.15, 0.2) is 0 Å². The number of carbonyl (C=O) groups is 1. The minimum atomic E-state index is -0.310. The van der Waals surface area contributed by atoms with Gasteiger partial charge in [0.1, 0.15) is 5.69 Å². The van der Waals surface area contributed by atoms with Crippen LogP contribution in [0.2, 0.25) is 0 Å². The molecule has 0 radical (unpaired) electrons. The Morgan fingerprint density at radius 1 is 1.56 bits per heavy atom. The molecule has 0 aromatic carbocycles. The molecule has 0 aliphatic carbocycles. The molecule has 0 spiro atoms. The fraction of sp³-hybridized carbons (Fsp3) is 0.583. The molecule has 1 unspecified atom stereocenters. The molecule has 6 nitrogen and oxygen atoms in total. The van der Waals surface area contributed by atoms with Crippen molar-refractivity contribution in [2.45, 2.75) is 19.8 Å². The second-order valence-corrected chi connectivity index (χ2v) is 5.08. The maximum atomic E-state index is 11.8. The van der Waals surface area contributed by atoms with Crippen LogP contribution >= 0.6 is 0 Å². The van der Waals surface area contributed by atoms with E-state index in [9.17, 15) is 9.59 Å². The quantitative estimate of drug-likeness (QED) is 0.698. The maximum Gasteiger partial charge on any atom is 0.271 e. The smallest absolute Gasteiger partial charge is 0.271 e. The molecule has 1 fully saturated rings. The summed E-state index contributed by atoms with van der Waals surface area (Å²) in [7, 11) is 0. The summed E-state index contributed by atoms with van der Waals surface area (Å²) < 4.78 is 0. The second-order valence-electron chi connectivity index (χ2n) is 5.08. The SMILES string of the molecule is CC1(CNC(=O)c2ccc(=O)[nH]n2)CCCNC1. The van der Waals surface area contributed by atoms with Crippen LogP contribution in [0.15, 0.2) is 16.9 Å². The van der Waals surface area contributed by atoms with Crippen LogP contribution in [0.1, 0.15) is 30.3 Å². The number of carbonyl (C=O) groups excluding carboxylic acids is 1. The van der Waals surface area contributed by atoms with Crippen LogP contribution in [0.25, 0.3) is 0 Å². The zero-order chi connectivity index (χ0) is 13.0. The molecule has 98 valence electrons. The van der Waals surface area contributed by atoms with Crippen molar-refractivity contribution in [2.75, 3.05) is 19.6 Å². The summed E-state index contributed by atoms with van der Waals surface area (Å²) in [6.07, 6.45) is 2.22. The molecule has 0 bridgehead atoms. The van der Waals surface area contributed by atoms with Gasteiger partial charge in [0.2, 0.25) is 0 Å². The molecule has 6 heteroatoms. The van der Waals surface area contributed by atoms with Crippen LogP contribution < -0.4 is 16.2 Å². The van der Waals surface area contributed by atoms with E-state index < -0.39 is 0 Å². The number of rotatable bonds is 3. The number of amides is 1. The first-order chi connectivity index (χ1) is 8.59. The molecule has 1 amide bonds. The van der Waals surface area contributed by atoms with Crippen LogP contribution in [0.5, 0.6) is 0 Å². The highest BCUT2D eigenvalue weighted by Gasteiger charge is 2.27. The topological polar surface area (TPSA) is 86.9 Å². The van der Waals surface area contributed by atoms with Crippen LogP contribution in [0, 0.1) is 5.41 Å². The van der Waals surface area contributed by atoms with Gasteiger partial charge < -0.3 is 10.6 Å². The minimum Gasteiger partial charge on any atom is -0.350 e. The lowest BCUT2D eigenvalue weighted by molar-refractivity contribution is 0.0918. The van der Waals surface area contributed by atoms with E-state index in [1.807, 2.05) is 0 Å². The van der Waals surface area contributed by atoms with Crippen molar-refractivity contribution in [3.63, 3.8) is 0 Å². The Kier molecular flexibility index (Phi) is 3.76. The van der Waals surface area contributed by atoms with Gasteiger partial charge in [-0.1, -0.05) is 6.92 Å². The molecule has 2 rings (SSSR count). The first-order valence-electron chi connectivity index (χ1n) is 6.14. The Balaban J connectivity index is 1.91. The highest BCUT2D eigenvalue weighted by molar-refractivity contribution is 5.91. The van der Waals surface area contributed by atoms with E-state index in [-0.39, 0.29) is 22.6 Å². The van der Waals surface area contributed by atoms with Crippen molar-refractivity contribution in [1.82, 2.24) is 20.8 Å². The molecule has 1 aromatic heterocycles. The standard InChI is InChI=1S/C12H18N4O2/c1-12(5-2-6-13-7-12)8-14-11(18)9-3-4-10(17)16-15-9/h3-4,13H,2,5-8H2,1H3,(H,14,18)(H,16,17). The third kappa shape index (κ3) is 3.16. The average molecular weight is 250 g/mol. The van der Waals surface area contributed by atoms with Gasteiger partial charge in [-0.05, 0) is 30.9 Å². The normalized spacial score (nSPS) is 23.6. The Hall–Kier alpha value is -1.69. The van der Waals surface area contributed by atoms with E-state index in [0.717, 1.165) is 25.9 Å². The van der Waals surface area contributed by atoms with Gasteiger partial charge in [0.25, 0.3) is 11.5 Å². The molecule has 1 atom stereocenters. The van der Waals surface area contributed by atoms with Gasteiger partial charge in [-0.25, -0.2) is 5.10 Å². The fourth-order valence-corrected chi connectivity index (χ4v) is 2.12. The van der Waals surface area contributed by atoms with Gasteiger partial charge >= 0.3 is 0 Å². The monoisotopic (exact) mass is 250 g/mol. The summed E-state index contributed by atoms with van der Waals surface area (Å²) in [5.74, 6) is -0.252. The molecule has 0 saturated carbocycles. The Labute approximate surface area is 105 Å². The van der Waals surface area contributed by atoms with Gasteiger partial charge in [0.05, 0.1) is 0 Å². The third-order valence-electron chi connectivity index (χ3n) is 3.27. The van der Waals surface area contributed by atoms with Crippen molar-refractivity contribution < 1.29 is 4.79 Å². The molecule has 18 heavy (non-hydrogen) atoms. The first kappa shape index (κ1) is 12.8. The molecule has 1 aliphatic rings. The minimum absolute atomic E-state index is 0.0934. The number of aromatic nitrogens is 2. The summed E-state index contributed by atoms with van der Waals surface area (Å²) in [5, 5.41) is 12.1. The summed E-state index contributed by atoms with van der Waals surface area (Å²) in [6.45, 7) is 4.72. The van der Waals surface area contributed by atoms with E-state index >= 15 is 0 Å². The largest absolute Gasteiger partial charge is 0.350 e. The molecule has 1 saturated heterocycles. The average Bonchev–Trinajstić information content (AvgIpc) is 2.38. The molecular formula is C12H18N4O2. The van der Waals surface area contributed by atoms with Crippen LogP contribution in [0.4, 0.5) is 0 Å². The third-order valence-corrected chi connectivity index (χ3v) is 3.27. The lowest BCUT2D eigenvalue weighted by Crippen LogP contribution is -2.45. The fourth-order valence-electron chi connectivity index (χ4n) is 2.12. The number of hydrogen-bond donors (Lipinski definition) is 3. The number of aromatic amines is 1. The predicted octanol–water partition coefficient (Wildman–Crippen LogP) is -0.111. The van der Waals surface area contributed by atoms with E-state index in [4.69, 9.17) is 0 Å². The Bertz CT molecular complexity index is 457. The van der Waals surface area contributed by atoms with Gasteiger partial charge in [-0.2, -0.15) is 5.10 Å². The van der Waals surface area contributed by atoms with Gasteiger partial charge in [-0.3, -0.25) is 9.59 Å². The van der Waals surface area contributed by atoms with Gasteiger partial charge in [-0.15, -0.1) is 0 Å². The number of nitrogens with one attached hydrogen (secondary N) is 3. The number of nitrogens with zero attached hydrogens (tertiary/aromatic N) is 1. The number of H-pyrrole nitrogens is 1. The van der Waals surface area contributed by atoms with Gasteiger partial charge in [0, 0.05) is 19.2 Å². The number of hydrogen-bond acceptors (Lipinski definition) is 4. The Morgan fingerprint density at radius 3 is 3.00 bits per heavy atom. The zero-order valence-corrected chi connectivity index (χ0v) is 10.5. The summed E-state index contributed by atoms with van der Waals surface area (Å²) in [6, 6.07) is 2.72. The lowest BCUT2D eigenvalue weighted by Gasteiger charge is -2.34. The summed E-state index contributed by atoms with van der Waals surface area (Å²) in [4.78, 5) is 22.7. The molecule has 1 aliphatic heterocycles. The van der Waals surface area contributed by atoms with Crippen molar-refractivity contribution in [3.8, 4) is 0 Å². The Morgan fingerprint density at radius 2 is 2.39 bits per heavy atom. The number of piperidine rings is 1. The van der Waals surface area contributed by atoms with E-state index in [1.165, 1.54) is 12.1 Å². The highest BCUT2D eigenvalue weighted by atomic mass is 16.2. The lowest BCUT2D eigenvalue weighted by atomic mass is 9.83. The van der Waals surface area contributed by atoms with E-state index in [0.29, 0.717) is 6.54 Å². The predicted molar refractivity (Wildman–Crippen MR) is 67.4 cm³/mol. The van der Waals surface area contributed by atoms with Crippen LogP contribution in [0.3, 0.4) is 0 Å². The molecule has 2 heterocycles. The van der Waals surface area contributed by atoms with Crippen molar-refractivity contribution in [3.05, 3.63) is 28.2 Å². The summed E-state index contributed by atoms with van der Waals surface area (Å²) >= 11 is 0. The molecule has 3 N–H and O–H groups in total. The maximum absolute atomic E-state index is 11.8. The van der Waals surface area contributed by atoms with Crippen LogP contribution in [-0.2, 0) is 0 Å². The van der Waals surface area contributed by atoms with Crippen molar-refractivity contribution in [1.29, 1.82) is 0 Å². The van der Waals surface area contributed by atoms with E-state index in [2.05, 4.69) is 27.8 Å². The van der Waals surface area contributed by atoms with Crippen LogP contribution in [-0.4, -0.2) is 35.7 Å². The van der Waals surface area contributed by atoms with E-state index in [1.54, 1.807) is 0 Å². The molecule has 1 aromatic rings. The van der Waals surface area contributed by atoms with Crippen molar-refractivity contribution >= 4 is 5.91 Å². The molecular weight excluding hydrogens is 232 g/mol. The summed E-state index contributed by atoms with van der Waals surface area (Å²) in [5.41, 5.74) is 0.0211. The second kappa shape index (κ2) is 5.30. The van der Waals surface area contributed by atoms with Crippen molar-refractivity contribution in [2.24, 2.45) is 5.41 Å².